The number of carbonyl (C=O) groups excluding carboxylic acids is 2. The molecule has 0 aromatic heterocycles. The predicted molar refractivity (Wildman–Crippen MR) is 131 cm³/mol. The standard InChI is InChI=1S/C27H30N2O4/c1-20(30)22-15-16-25(26(18-22)32-3)33-17-9-14-27(31)28-23-12-7-8-13-24(23)29(2)19-21-10-5-4-6-11-21/h4-8,10-13,15-16,18H,9,14,17,19H2,1-3H3,(H,28,31). The second-order valence-corrected chi connectivity index (χ2v) is 7.78. The van der Waals surface area contributed by atoms with E-state index in [0.717, 1.165) is 17.9 Å². The summed E-state index contributed by atoms with van der Waals surface area (Å²) < 4.78 is 11.1. The van der Waals surface area contributed by atoms with Gasteiger partial charge in [-0.2, -0.15) is 0 Å². The Labute approximate surface area is 195 Å². The van der Waals surface area contributed by atoms with Crippen LogP contribution in [0.15, 0.2) is 72.8 Å². The number of hydrogen-bond donors (Lipinski definition) is 1. The van der Waals surface area contributed by atoms with Crippen LogP contribution in [0.25, 0.3) is 0 Å². The number of benzene rings is 3. The first-order valence-electron chi connectivity index (χ1n) is 10.9. The zero-order valence-corrected chi connectivity index (χ0v) is 19.3. The fraction of sp³-hybridized carbons (Fsp3) is 0.259. The van der Waals surface area contributed by atoms with Crippen molar-refractivity contribution in [1.82, 2.24) is 0 Å². The van der Waals surface area contributed by atoms with Crippen molar-refractivity contribution in [3.63, 3.8) is 0 Å². The lowest BCUT2D eigenvalue weighted by atomic mass is 10.1. The van der Waals surface area contributed by atoms with Gasteiger partial charge in [0.1, 0.15) is 0 Å². The summed E-state index contributed by atoms with van der Waals surface area (Å²) in [6, 6.07) is 23.1. The van der Waals surface area contributed by atoms with Gasteiger partial charge < -0.3 is 19.7 Å². The topological polar surface area (TPSA) is 67.9 Å². The molecule has 3 aromatic rings. The largest absolute Gasteiger partial charge is 0.493 e. The maximum absolute atomic E-state index is 12.6. The van der Waals surface area contributed by atoms with Crippen LogP contribution < -0.4 is 19.7 Å². The van der Waals surface area contributed by atoms with Gasteiger partial charge in [-0.3, -0.25) is 9.59 Å². The Balaban J connectivity index is 1.52. The normalized spacial score (nSPS) is 10.4. The number of nitrogens with zero attached hydrogens (tertiary/aromatic N) is 1. The predicted octanol–water partition coefficient (Wildman–Crippen LogP) is 5.33. The Kier molecular flexibility index (Phi) is 8.47. The molecule has 0 saturated carbocycles. The number of Topliss-reactive ketones (excluding diaryl/α,β-unsaturated/α-hetero) is 1. The quantitative estimate of drug-likeness (QED) is 0.318. The molecule has 0 aliphatic rings. The molecule has 1 amide bonds. The van der Waals surface area contributed by atoms with Crippen molar-refractivity contribution < 1.29 is 19.1 Å². The van der Waals surface area contributed by atoms with E-state index in [1.807, 2.05) is 49.5 Å². The third kappa shape index (κ3) is 6.84. The van der Waals surface area contributed by atoms with Crippen molar-refractivity contribution in [1.29, 1.82) is 0 Å². The van der Waals surface area contributed by atoms with Crippen LogP contribution >= 0.6 is 0 Å². The Bertz CT molecular complexity index is 1080. The van der Waals surface area contributed by atoms with Crippen molar-refractivity contribution >= 4 is 23.1 Å². The van der Waals surface area contributed by atoms with Crippen LogP contribution in [0.5, 0.6) is 11.5 Å². The highest BCUT2D eigenvalue weighted by Gasteiger charge is 2.12. The zero-order chi connectivity index (χ0) is 23.6. The first-order chi connectivity index (χ1) is 16.0. The lowest BCUT2D eigenvalue weighted by molar-refractivity contribution is -0.116. The Morgan fingerprint density at radius 1 is 0.939 bits per heavy atom. The summed E-state index contributed by atoms with van der Waals surface area (Å²) >= 11 is 0. The molecule has 33 heavy (non-hydrogen) atoms. The molecule has 3 rings (SSSR count). The molecule has 3 aromatic carbocycles. The third-order valence-electron chi connectivity index (χ3n) is 5.23. The number of hydrogen-bond acceptors (Lipinski definition) is 5. The maximum atomic E-state index is 12.6. The molecule has 0 atom stereocenters. The molecule has 6 nitrogen and oxygen atoms in total. The monoisotopic (exact) mass is 446 g/mol. The highest BCUT2D eigenvalue weighted by molar-refractivity contribution is 5.95. The number of amides is 1. The molecule has 0 radical (unpaired) electrons. The second kappa shape index (κ2) is 11.7. The van der Waals surface area contributed by atoms with Crippen LogP contribution in [0.2, 0.25) is 0 Å². The van der Waals surface area contributed by atoms with E-state index in [9.17, 15) is 9.59 Å². The molecular formula is C27H30N2O4. The number of ether oxygens (including phenoxy) is 2. The Morgan fingerprint density at radius 3 is 2.39 bits per heavy atom. The second-order valence-electron chi connectivity index (χ2n) is 7.78. The number of ketones is 1. The van der Waals surface area contributed by atoms with Crippen molar-refractivity contribution in [3.05, 3.63) is 83.9 Å². The maximum Gasteiger partial charge on any atom is 0.224 e. The van der Waals surface area contributed by atoms with Crippen molar-refractivity contribution in [2.24, 2.45) is 0 Å². The van der Waals surface area contributed by atoms with Crippen molar-refractivity contribution in [2.75, 3.05) is 31.0 Å². The number of anilines is 2. The summed E-state index contributed by atoms with van der Waals surface area (Å²) in [6.45, 7) is 2.61. The van der Waals surface area contributed by atoms with Gasteiger partial charge in [-0.05, 0) is 49.2 Å². The van der Waals surface area contributed by atoms with Gasteiger partial charge in [-0.1, -0.05) is 42.5 Å². The van der Waals surface area contributed by atoms with E-state index in [-0.39, 0.29) is 11.7 Å². The van der Waals surface area contributed by atoms with Crippen LogP contribution in [0, 0.1) is 0 Å². The first-order valence-corrected chi connectivity index (χ1v) is 10.9. The first kappa shape index (κ1) is 23.9. The summed E-state index contributed by atoms with van der Waals surface area (Å²) in [6.07, 6.45) is 0.871. The number of rotatable bonds is 11. The Morgan fingerprint density at radius 2 is 1.67 bits per heavy atom. The number of carbonyl (C=O) groups is 2. The molecule has 172 valence electrons. The van der Waals surface area contributed by atoms with E-state index >= 15 is 0 Å². The molecule has 0 fully saturated rings. The minimum absolute atomic E-state index is 0.0359. The van der Waals surface area contributed by atoms with E-state index in [0.29, 0.717) is 36.5 Å². The van der Waals surface area contributed by atoms with Crippen molar-refractivity contribution in [2.45, 2.75) is 26.3 Å². The Hall–Kier alpha value is -3.80. The third-order valence-corrected chi connectivity index (χ3v) is 5.23. The van der Waals surface area contributed by atoms with Gasteiger partial charge in [0.25, 0.3) is 0 Å². The fourth-order valence-corrected chi connectivity index (χ4v) is 3.49. The van der Waals surface area contributed by atoms with Crippen LogP contribution in [0.4, 0.5) is 11.4 Å². The molecule has 0 bridgehead atoms. The van der Waals surface area contributed by atoms with Gasteiger partial charge in [0.2, 0.25) is 5.91 Å². The van der Waals surface area contributed by atoms with Gasteiger partial charge in [0.15, 0.2) is 17.3 Å². The van der Waals surface area contributed by atoms with Gasteiger partial charge in [-0.15, -0.1) is 0 Å². The van der Waals surface area contributed by atoms with E-state index in [1.54, 1.807) is 18.2 Å². The van der Waals surface area contributed by atoms with E-state index < -0.39 is 0 Å². The highest BCUT2D eigenvalue weighted by atomic mass is 16.5. The van der Waals surface area contributed by atoms with Crippen LogP contribution in [0.3, 0.4) is 0 Å². The summed E-state index contributed by atoms with van der Waals surface area (Å²) in [5, 5.41) is 3.02. The number of nitrogens with one attached hydrogen (secondary N) is 1. The minimum Gasteiger partial charge on any atom is -0.493 e. The van der Waals surface area contributed by atoms with Gasteiger partial charge >= 0.3 is 0 Å². The molecule has 6 heteroatoms. The van der Waals surface area contributed by atoms with Crippen molar-refractivity contribution in [3.8, 4) is 11.5 Å². The lowest BCUT2D eigenvalue weighted by Gasteiger charge is -2.23. The molecule has 0 saturated heterocycles. The summed E-state index contributed by atoms with van der Waals surface area (Å²) in [5.41, 5.74) is 3.50. The van der Waals surface area contributed by atoms with Crippen LogP contribution in [-0.2, 0) is 11.3 Å². The smallest absolute Gasteiger partial charge is 0.224 e. The molecule has 0 spiro atoms. The minimum atomic E-state index is -0.0712. The highest BCUT2D eigenvalue weighted by Crippen LogP contribution is 2.29. The van der Waals surface area contributed by atoms with Crippen LogP contribution in [-0.4, -0.2) is 32.5 Å². The summed E-state index contributed by atoms with van der Waals surface area (Å²) in [5.74, 6) is 0.947. The molecule has 0 aliphatic heterocycles. The molecule has 1 N–H and O–H groups in total. The van der Waals surface area contributed by atoms with Gasteiger partial charge in [0.05, 0.1) is 25.1 Å². The van der Waals surface area contributed by atoms with Gasteiger partial charge in [0, 0.05) is 25.6 Å². The molecular weight excluding hydrogens is 416 g/mol. The van der Waals surface area contributed by atoms with Crippen LogP contribution in [0.1, 0.15) is 35.7 Å². The lowest BCUT2D eigenvalue weighted by Crippen LogP contribution is -2.20. The van der Waals surface area contributed by atoms with E-state index in [2.05, 4.69) is 22.3 Å². The van der Waals surface area contributed by atoms with Gasteiger partial charge in [-0.25, -0.2) is 0 Å². The molecule has 0 unspecified atom stereocenters. The average Bonchev–Trinajstić information content (AvgIpc) is 2.82. The average molecular weight is 447 g/mol. The molecule has 0 aliphatic carbocycles. The summed E-state index contributed by atoms with van der Waals surface area (Å²) in [7, 11) is 3.54. The number of para-hydroxylation sites is 2. The molecule has 0 heterocycles. The SMILES string of the molecule is COc1cc(C(C)=O)ccc1OCCCC(=O)Nc1ccccc1N(C)Cc1ccccc1. The number of methoxy groups -OCH3 is 1. The summed E-state index contributed by atoms with van der Waals surface area (Å²) in [4.78, 5) is 26.2. The van der Waals surface area contributed by atoms with E-state index in [1.165, 1.54) is 19.6 Å². The zero-order valence-electron chi connectivity index (χ0n) is 19.3. The fourth-order valence-electron chi connectivity index (χ4n) is 3.49. The van der Waals surface area contributed by atoms with E-state index in [4.69, 9.17) is 9.47 Å².